The number of aromatic nitrogens is 1. The first-order valence-electron chi connectivity index (χ1n) is 8.15. The topological polar surface area (TPSA) is 66.6 Å². The Labute approximate surface area is 179 Å². The number of para-hydroxylation sites is 1. The summed E-state index contributed by atoms with van der Waals surface area (Å²) >= 11 is 5.62. The van der Waals surface area contributed by atoms with Gasteiger partial charge in [0, 0.05) is 32.7 Å². The van der Waals surface area contributed by atoms with E-state index in [-0.39, 0.29) is 11.7 Å². The van der Waals surface area contributed by atoms with Crippen molar-refractivity contribution in [2.45, 2.75) is 13.8 Å². The Morgan fingerprint density at radius 3 is 2.56 bits per heavy atom. The van der Waals surface area contributed by atoms with E-state index in [4.69, 9.17) is 0 Å². The van der Waals surface area contributed by atoms with Gasteiger partial charge in [0.25, 0.3) is 5.91 Å². The number of carbonyl (C=O) groups excluding carboxylic acids is 1. The highest BCUT2D eigenvalue weighted by Gasteiger charge is 2.15. The first kappa shape index (κ1) is 19.6. The number of amides is 1. The van der Waals surface area contributed by atoms with Crippen molar-refractivity contribution >= 4 is 50.6 Å². The van der Waals surface area contributed by atoms with Crippen LogP contribution in [0.4, 0.5) is 0 Å². The third kappa shape index (κ3) is 4.08. The Morgan fingerprint density at radius 1 is 1.19 bits per heavy atom. The lowest BCUT2D eigenvalue weighted by Gasteiger charge is -2.08. The molecular weight excluding hydrogens is 521 g/mol. The second kappa shape index (κ2) is 8.26. The van der Waals surface area contributed by atoms with Crippen LogP contribution in [-0.2, 0) is 0 Å². The largest absolute Gasteiger partial charge is 0.507 e. The van der Waals surface area contributed by atoms with Gasteiger partial charge in [-0.1, -0.05) is 18.2 Å². The van der Waals surface area contributed by atoms with Crippen molar-refractivity contribution in [1.29, 1.82) is 0 Å². The molecule has 1 heterocycles. The van der Waals surface area contributed by atoms with Crippen LogP contribution in [0.1, 0.15) is 27.3 Å². The highest BCUT2D eigenvalue weighted by atomic mass is 127. The molecule has 0 saturated carbocycles. The lowest BCUT2D eigenvalue weighted by molar-refractivity contribution is 0.0954. The summed E-state index contributed by atoms with van der Waals surface area (Å²) in [6.45, 7) is 4.03. The van der Waals surface area contributed by atoms with E-state index < -0.39 is 0 Å². The summed E-state index contributed by atoms with van der Waals surface area (Å²) in [4.78, 5) is 12.2. The van der Waals surface area contributed by atoms with E-state index in [1.54, 1.807) is 18.3 Å². The van der Waals surface area contributed by atoms with Crippen LogP contribution in [0.3, 0.4) is 0 Å². The smallest absolute Gasteiger partial charge is 0.271 e. The SMILES string of the molecule is Cc1c(Br)c(/C=N\NC(=O)c2ccc(I)c(O)c2)c(C)n1-c1ccccc1. The third-order valence-electron chi connectivity index (χ3n) is 4.20. The molecule has 0 fully saturated rings. The number of aromatic hydroxyl groups is 1. The van der Waals surface area contributed by atoms with Gasteiger partial charge in [-0.15, -0.1) is 0 Å². The van der Waals surface area contributed by atoms with Gasteiger partial charge in [0.1, 0.15) is 5.75 Å². The number of benzene rings is 2. The summed E-state index contributed by atoms with van der Waals surface area (Å²) in [6.07, 6.45) is 1.62. The average Bonchev–Trinajstić information content (AvgIpc) is 2.87. The van der Waals surface area contributed by atoms with Gasteiger partial charge in [0.05, 0.1) is 9.78 Å². The molecule has 0 saturated heterocycles. The van der Waals surface area contributed by atoms with Gasteiger partial charge in [0.15, 0.2) is 0 Å². The summed E-state index contributed by atoms with van der Waals surface area (Å²) in [5, 5.41) is 13.8. The van der Waals surface area contributed by atoms with Crippen molar-refractivity contribution in [1.82, 2.24) is 9.99 Å². The molecular formula is C20H17BrIN3O2. The average molecular weight is 538 g/mol. The predicted molar refractivity (Wildman–Crippen MR) is 119 cm³/mol. The Morgan fingerprint density at radius 2 is 1.89 bits per heavy atom. The molecule has 0 aliphatic heterocycles. The van der Waals surface area contributed by atoms with Gasteiger partial charge >= 0.3 is 0 Å². The van der Waals surface area contributed by atoms with Crippen LogP contribution in [0, 0.1) is 17.4 Å². The molecule has 138 valence electrons. The van der Waals surface area contributed by atoms with E-state index in [0.717, 1.165) is 27.1 Å². The lowest BCUT2D eigenvalue weighted by atomic mass is 10.2. The zero-order chi connectivity index (χ0) is 19.6. The Balaban J connectivity index is 1.83. The molecule has 2 aromatic carbocycles. The maximum Gasteiger partial charge on any atom is 0.271 e. The minimum atomic E-state index is -0.383. The zero-order valence-electron chi connectivity index (χ0n) is 14.7. The standard InChI is InChI=1S/C20H17BrIN3O2/c1-12-16(19(21)13(2)25(12)15-6-4-3-5-7-15)11-23-24-20(27)14-8-9-17(22)18(26)10-14/h3-11,26H,1-2H3,(H,24,27)/b23-11-. The molecule has 0 aliphatic rings. The number of hydrogen-bond acceptors (Lipinski definition) is 3. The maximum absolute atomic E-state index is 12.2. The first-order chi connectivity index (χ1) is 12.9. The molecule has 0 spiro atoms. The van der Waals surface area contributed by atoms with Crippen LogP contribution in [-0.4, -0.2) is 21.8 Å². The van der Waals surface area contributed by atoms with Gasteiger partial charge in [-0.25, -0.2) is 5.43 Å². The van der Waals surface area contributed by atoms with Crippen LogP contribution in [0.25, 0.3) is 5.69 Å². The second-order valence-electron chi connectivity index (χ2n) is 5.93. The molecule has 7 heteroatoms. The fraction of sp³-hybridized carbons (Fsp3) is 0.100. The van der Waals surface area contributed by atoms with Crippen LogP contribution >= 0.6 is 38.5 Å². The Kier molecular flexibility index (Phi) is 6.01. The van der Waals surface area contributed by atoms with Crippen LogP contribution in [0.5, 0.6) is 5.75 Å². The molecule has 3 aromatic rings. The zero-order valence-corrected chi connectivity index (χ0v) is 18.4. The Hall–Kier alpha value is -2.13. The molecule has 2 N–H and O–H groups in total. The quantitative estimate of drug-likeness (QED) is 0.281. The minimum Gasteiger partial charge on any atom is -0.507 e. The number of phenolic OH excluding ortho intramolecular Hbond substituents is 1. The molecule has 0 aliphatic carbocycles. The van der Waals surface area contributed by atoms with Crippen molar-refractivity contribution < 1.29 is 9.90 Å². The van der Waals surface area contributed by atoms with E-state index in [0.29, 0.717) is 9.13 Å². The fourth-order valence-electron chi connectivity index (χ4n) is 2.81. The second-order valence-corrected chi connectivity index (χ2v) is 7.89. The molecule has 1 amide bonds. The predicted octanol–water partition coefficient (Wildman–Crippen LogP) is 4.93. The molecule has 0 atom stereocenters. The molecule has 0 radical (unpaired) electrons. The van der Waals surface area contributed by atoms with E-state index in [1.807, 2.05) is 66.8 Å². The molecule has 0 unspecified atom stereocenters. The molecule has 3 rings (SSSR count). The third-order valence-corrected chi connectivity index (χ3v) is 6.11. The molecule has 5 nitrogen and oxygen atoms in total. The van der Waals surface area contributed by atoms with E-state index >= 15 is 0 Å². The monoisotopic (exact) mass is 537 g/mol. The highest BCUT2D eigenvalue weighted by molar-refractivity contribution is 14.1. The first-order valence-corrected chi connectivity index (χ1v) is 10.0. The normalized spacial score (nSPS) is 11.1. The number of carbonyl (C=O) groups is 1. The van der Waals surface area contributed by atoms with Gasteiger partial charge < -0.3 is 9.67 Å². The van der Waals surface area contributed by atoms with Gasteiger partial charge in [-0.2, -0.15) is 5.10 Å². The van der Waals surface area contributed by atoms with Crippen LogP contribution < -0.4 is 5.43 Å². The van der Waals surface area contributed by atoms with Crippen molar-refractivity contribution in [2.75, 3.05) is 0 Å². The summed E-state index contributed by atoms with van der Waals surface area (Å²) in [7, 11) is 0. The lowest BCUT2D eigenvalue weighted by Crippen LogP contribution is -2.17. The minimum absolute atomic E-state index is 0.0707. The number of rotatable bonds is 4. The van der Waals surface area contributed by atoms with Crippen molar-refractivity contribution in [3.05, 3.63) is 79.1 Å². The van der Waals surface area contributed by atoms with Crippen molar-refractivity contribution in [2.24, 2.45) is 5.10 Å². The summed E-state index contributed by atoms with van der Waals surface area (Å²) in [5.74, 6) is -0.313. The van der Waals surface area contributed by atoms with Crippen LogP contribution in [0.15, 0.2) is 58.1 Å². The Bertz CT molecular complexity index is 1030. The number of nitrogens with zero attached hydrogens (tertiary/aromatic N) is 2. The summed E-state index contributed by atoms with van der Waals surface area (Å²) in [6, 6.07) is 14.8. The number of halogens is 2. The summed E-state index contributed by atoms with van der Waals surface area (Å²) < 4.78 is 3.74. The fourth-order valence-corrected chi connectivity index (χ4v) is 3.71. The van der Waals surface area contributed by atoms with Gasteiger partial charge in [-0.3, -0.25) is 4.79 Å². The molecule has 27 heavy (non-hydrogen) atoms. The van der Waals surface area contributed by atoms with Gasteiger partial charge in [0.2, 0.25) is 0 Å². The van der Waals surface area contributed by atoms with Crippen molar-refractivity contribution in [3.8, 4) is 11.4 Å². The molecule has 0 bridgehead atoms. The van der Waals surface area contributed by atoms with Gasteiger partial charge in [-0.05, 0) is 82.7 Å². The van der Waals surface area contributed by atoms with Crippen LogP contribution in [0.2, 0.25) is 0 Å². The molecule has 1 aromatic heterocycles. The van der Waals surface area contributed by atoms with E-state index in [9.17, 15) is 9.90 Å². The maximum atomic E-state index is 12.2. The number of hydrogen-bond donors (Lipinski definition) is 2. The summed E-state index contributed by atoms with van der Waals surface area (Å²) in [5.41, 5.74) is 6.86. The highest BCUT2D eigenvalue weighted by Crippen LogP contribution is 2.29. The van der Waals surface area contributed by atoms with E-state index in [1.165, 1.54) is 6.07 Å². The number of hydrazone groups is 1. The van der Waals surface area contributed by atoms with E-state index in [2.05, 4.69) is 31.0 Å². The number of nitrogens with one attached hydrogen (secondary N) is 1. The van der Waals surface area contributed by atoms with Crippen molar-refractivity contribution in [3.63, 3.8) is 0 Å². The number of phenols is 1.